The van der Waals surface area contributed by atoms with Crippen LogP contribution >= 0.6 is 0 Å². The van der Waals surface area contributed by atoms with Crippen molar-refractivity contribution in [2.75, 3.05) is 19.5 Å². The van der Waals surface area contributed by atoms with Crippen LogP contribution in [0.3, 0.4) is 0 Å². The van der Waals surface area contributed by atoms with Gasteiger partial charge in [-0.2, -0.15) is 0 Å². The van der Waals surface area contributed by atoms with Crippen LogP contribution in [-0.4, -0.2) is 32.2 Å². The molecule has 2 rings (SSSR count). The maximum atomic E-state index is 12.1. The molecule has 6 nitrogen and oxygen atoms in total. The van der Waals surface area contributed by atoms with E-state index >= 15 is 0 Å². The highest BCUT2D eigenvalue weighted by Gasteiger charge is 2.07. The molecular formula is C21H23NO5. The number of carbonyl (C=O) groups is 2. The van der Waals surface area contributed by atoms with Gasteiger partial charge >= 0.3 is 5.97 Å². The number of ether oxygens (including phenoxy) is 3. The van der Waals surface area contributed by atoms with E-state index in [1.807, 2.05) is 26.0 Å². The van der Waals surface area contributed by atoms with E-state index in [-0.39, 0.29) is 12.0 Å². The summed E-state index contributed by atoms with van der Waals surface area (Å²) in [6.45, 7) is 3.88. The van der Waals surface area contributed by atoms with Gasteiger partial charge in [-0.05, 0) is 61.9 Å². The van der Waals surface area contributed by atoms with Crippen molar-refractivity contribution in [3.05, 3.63) is 59.7 Å². The Kier molecular flexibility index (Phi) is 7.00. The Labute approximate surface area is 158 Å². The van der Waals surface area contributed by atoms with Crippen LogP contribution in [0.1, 0.15) is 29.8 Å². The van der Waals surface area contributed by atoms with Crippen LogP contribution in [0.2, 0.25) is 0 Å². The molecule has 2 aromatic rings. The van der Waals surface area contributed by atoms with Crippen LogP contribution in [0.25, 0.3) is 6.08 Å². The molecule has 0 bridgehead atoms. The normalized spacial score (nSPS) is 10.7. The van der Waals surface area contributed by atoms with Crippen LogP contribution in [0.4, 0.5) is 5.69 Å². The Bertz CT molecular complexity index is 825. The minimum atomic E-state index is -0.424. The summed E-state index contributed by atoms with van der Waals surface area (Å²) in [5.41, 5.74) is 1.80. The topological polar surface area (TPSA) is 73.9 Å². The van der Waals surface area contributed by atoms with Gasteiger partial charge in [0.1, 0.15) is 0 Å². The summed E-state index contributed by atoms with van der Waals surface area (Å²) in [5, 5.41) is 2.73. The number of carbonyl (C=O) groups excluding carboxylic acids is 2. The van der Waals surface area contributed by atoms with Gasteiger partial charge in [0.05, 0.1) is 25.9 Å². The zero-order valence-corrected chi connectivity index (χ0v) is 15.8. The predicted molar refractivity (Wildman–Crippen MR) is 104 cm³/mol. The molecule has 0 aromatic heterocycles. The fourth-order valence-corrected chi connectivity index (χ4v) is 2.30. The summed E-state index contributed by atoms with van der Waals surface area (Å²) < 4.78 is 15.6. The Balaban J connectivity index is 2.02. The number of methoxy groups -OCH3 is 2. The van der Waals surface area contributed by atoms with E-state index in [0.717, 1.165) is 5.56 Å². The summed E-state index contributed by atoms with van der Waals surface area (Å²) >= 11 is 0. The summed E-state index contributed by atoms with van der Waals surface area (Å²) in [7, 11) is 2.89. The fourth-order valence-electron chi connectivity index (χ4n) is 2.30. The lowest BCUT2D eigenvalue weighted by molar-refractivity contribution is -0.111. The molecule has 0 aliphatic rings. The van der Waals surface area contributed by atoms with Gasteiger partial charge in [0, 0.05) is 11.8 Å². The van der Waals surface area contributed by atoms with Gasteiger partial charge in [0.2, 0.25) is 5.91 Å². The second-order valence-electron chi connectivity index (χ2n) is 5.97. The molecule has 1 amide bonds. The molecule has 0 saturated carbocycles. The van der Waals surface area contributed by atoms with Crippen molar-refractivity contribution in [1.82, 2.24) is 0 Å². The number of benzene rings is 2. The minimum Gasteiger partial charge on any atom is -0.493 e. The highest BCUT2D eigenvalue weighted by molar-refractivity contribution is 6.02. The first-order chi connectivity index (χ1) is 12.9. The molecule has 6 heteroatoms. The van der Waals surface area contributed by atoms with Crippen LogP contribution in [0.15, 0.2) is 48.5 Å². The molecule has 0 unspecified atom stereocenters. The van der Waals surface area contributed by atoms with E-state index < -0.39 is 5.97 Å². The highest BCUT2D eigenvalue weighted by atomic mass is 16.5. The Morgan fingerprint density at radius 3 is 2.30 bits per heavy atom. The van der Waals surface area contributed by atoms with Gasteiger partial charge in [-0.15, -0.1) is 0 Å². The SMILES string of the molecule is COC(=O)c1ccc(NC(=O)/C=C/c2ccc(OC(C)C)c(OC)c2)cc1. The smallest absolute Gasteiger partial charge is 0.337 e. The highest BCUT2D eigenvalue weighted by Crippen LogP contribution is 2.29. The van der Waals surface area contributed by atoms with Crippen molar-refractivity contribution in [3.63, 3.8) is 0 Å². The van der Waals surface area contributed by atoms with Crippen molar-refractivity contribution in [2.45, 2.75) is 20.0 Å². The summed E-state index contributed by atoms with van der Waals surface area (Å²) in [5.74, 6) is 0.540. The van der Waals surface area contributed by atoms with E-state index in [1.54, 1.807) is 43.5 Å². The van der Waals surface area contributed by atoms with E-state index in [9.17, 15) is 9.59 Å². The van der Waals surface area contributed by atoms with Crippen molar-refractivity contribution >= 4 is 23.6 Å². The van der Waals surface area contributed by atoms with Crippen molar-refractivity contribution in [1.29, 1.82) is 0 Å². The first kappa shape index (κ1) is 20.0. The first-order valence-electron chi connectivity index (χ1n) is 8.45. The average molecular weight is 369 g/mol. The lowest BCUT2D eigenvalue weighted by Gasteiger charge is -2.13. The van der Waals surface area contributed by atoms with Crippen molar-refractivity contribution < 1.29 is 23.8 Å². The second-order valence-corrected chi connectivity index (χ2v) is 5.97. The number of hydrogen-bond acceptors (Lipinski definition) is 5. The molecule has 0 aliphatic heterocycles. The van der Waals surface area contributed by atoms with Gasteiger partial charge in [-0.25, -0.2) is 4.79 Å². The molecule has 0 radical (unpaired) electrons. The number of nitrogens with one attached hydrogen (secondary N) is 1. The molecule has 0 atom stereocenters. The lowest BCUT2D eigenvalue weighted by atomic mass is 10.1. The Hall–Kier alpha value is -3.28. The summed E-state index contributed by atoms with van der Waals surface area (Å²) in [4.78, 5) is 23.5. The zero-order chi connectivity index (χ0) is 19.8. The zero-order valence-electron chi connectivity index (χ0n) is 15.8. The standard InChI is InChI=1S/C21H23NO5/c1-14(2)27-18-11-5-15(13-19(18)25-3)6-12-20(23)22-17-9-7-16(8-10-17)21(24)26-4/h5-14H,1-4H3,(H,22,23)/b12-6+. The van der Waals surface area contributed by atoms with Gasteiger partial charge in [0.15, 0.2) is 11.5 Å². The third kappa shape index (κ3) is 5.88. The molecule has 27 heavy (non-hydrogen) atoms. The fraction of sp³-hybridized carbons (Fsp3) is 0.238. The van der Waals surface area contributed by atoms with Crippen molar-refractivity contribution in [2.24, 2.45) is 0 Å². The molecular weight excluding hydrogens is 346 g/mol. The molecule has 0 spiro atoms. The third-order valence-corrected chi connectivity index (χ3v) is 3.55. The molecule has 0 fully saturated rings. The minimum absolute atomic E-state index is 0.0386. The van der Waals surface area contributed by atoms with E-state index in [2.05, 4.69) is 10.1 Å². The van der Waals surface area contributed by atoms with E-state index in [0.29, 0.717) is 22.7 Å². The quantitative estimate of drug-likeness (QED) is 0.591. The molecule has 0 saturated heterocycles. The van der Waals surface area contributed by atoms with Gasteiger partial charge in [-0.1, -0.05) is 6.07 Å². The number of esters is 1. The van der Waals surface area contributed by atoms with E-state index in [4.69, 9.17) is 9.47 Å². The first-order valence-corrected chi connectivity index (χ1v) is 8.45. The molecule has 2 aromatic carbocycles. The predicted octanol–water partition coefficient (Wildman–Crippen LogP) is 3.92. The lowest BCUT2D eigenvalue weighted by Crippen LogP contribution is -2.08. The average Bonchev–Trinajstić information content (AvgIpc) is 2.66. The molecule has 0 heterocycles. The maximum absolute atomic E-state index is 12.1. The third-order valence-electron chi connectivity index (χ3n) is 3.55. The monoisotopic (exact) mass is 369 g/mol. The van der Waals surface area contributed by atoms with Crippen LogP contribution < -0.4 is 14.8 Å². The Morgan fingerprint density at radius 1 is 1.00 bits per heavy atom. The molecule has 0 aliphatic carbocycles. The number of amides is 1. The number of rotatable bonds is 7. The van der Waals surface area contributed by atoms with E-state index in [1.165, 1.54) is 13.2 Å². The Morgan fingerprint density at radius 2 is 1.70 bits per heavy atom. The largest absolute Gasteiger partial charge is 0.493 e. The maximum Gasteiger partial charge on any atom is 0.337 e. The van der Waals surface area contributed by atoms with Gasteiger partial charge in [0.25, 0.3) is 0 Å². The summed E-state index contributed by atoms with van der Waals surface area (Å²) in [6.07, 6.45) is 3.14. The number of hydrogen-bond donors (Lipinski definition) is 1. The van der Waals surface area contributed by atoms with Gasteiger partial charge in [-0.3, -0.25) is 4.79 Å². The van der Waals surface area contributed by atoms with Crippen LogP contribution in [-0.2, 0) is 9.53 Å². The molecule has 142 valence electrons. The number of anilines is 1. The molecule has 1 N–H and O–H groups in total. The van der Waals surface area contributed by atoms with Crippen LogP contribution in [0.5, 0.6) is 11.5 Å². The van der Waals surface area contributed by atoms with Gasteiger partial charge < -0.3 is 19.5 Å². The van der Waals surface area contributed by atoms with Crippen molar-refractivity contribution in [3.8, 4) is 11.5 Å². The summed E-state index contributed by atoms with van der Waals surface area (Å²) in [6, 6.07) is 11.9. The second kappa shape index (κ2) is 9.43. The van der Waals surface area contributed by atoms with Crippen LogP contribution in [0, 0.1) is 0 Å².